The molecule has 0 aliphatic carbocycles. The van der Waals surface area contributed by atoms with Crippen molar-refractivity contribution in [1.29, 1.82) is 0 Å². The van der Waals surface area contributed by atoms with Crippen molar-refractivity contribution in [3.63, 3.8) is 0 Å². The molecule has 0 amide bonds. The highest BCUT2D eigenvalue weighted by Crippen LogP contribution is 2.25. The van der Waals surface area contributed by atoms with Crippen LogP contribution in [0.2, 0.25) is 0 Å². The van der Waals surface area contributed by atoms with Crippen molar-refractivity contribution in [2.75, 3.05) is 12.0 Å². The molecule has 2 rings (SSSR count). The zero-order valence-corrected chi connectivity index (χ0v) is 13.6. The van der Waals surface area contributed by atoms with Crippen LogP contribution >= 0.6 is 11.3 Å². The fraction of sp³-hybridized carbons (Fsp3) is 0.375. The monoisotopic (exact) mass is 307 g/mol. The SMILES string of the molecule is CC(CCS(C)=O)NCc1cc(-c2ccccc2)cs1. The van der Waals surface area contributed by atoms with Crippen molar-refractivity contribution in [2.24, 2.45) is 0 Å². The number of hydrogen-bond acceptors (Lipinski definition) is 3. The molecule has 108 valence electrons. The third-order valence-corrected chi connectivity index (χ3v) is 4.97. The summed E-state index contributed by atoms with van der Waals surface area (Å²) in [6.45, 7) is 3.04. The number of hydrogen-bond donors (Lipinski definition) is 1. The molecular weight excluding hydrogens is 286 g/mol. The van der Waals surface area contributed by atoms with E-state index in [1.807, 2.05) is 6.07 Å². The van der Waals surface area contributed by atoms with Crippen LogP contribution in [0.25, 0.3) is 11.1 Å². The van der Waals surface area contributed by atoms with Gasteiger partial charge in [0.25, 0.3) is 0 Å². The van der Waals surface area contributed by atoms with E-state index in [1.54, 1.807) is 17.6 Å². The van der Waals surface area contributed by atoms with E-state index in [9.17, 15) is 4.21 Å². The lowest BCUT2D eigenvalue weighted by molar-refractivity contribution is 0.538. The summed E-state index contributed by atoms with van der Waals surface area (Å²) in [6, 6.07) is 13.1. The Hall–Kier alpha value is -0.970. The van der Waals surface area contributed by atoms with Gasteiger partial charge in [0.1, 0.15) is 0 Å². The maximum absolute atomic E-state index is 11.1. The lowest BCUT2D eigenvalue weighted by Gasteiger charge is -2.11. The Morgan fingerprint density at radius 2 is 2.00 bits per heavy atom. The van der Waals surface area contributed by atoms with Gasteiger partial charge in [0, 0.05) is 40.3 Å². The van der Waals surface area contributed by atoms with Crippen molar-refractivity contribution in [3.8, 4) is 11.1 Å². The molecule has 2 atom stereocenters. The summed E-state index contributed by atoms with van der Waals surface area (Å²) in [5.41, 5.74) is 2.55. The van der Waals surface area contributed by atoms with Crippen LogP contribution in [0.4, 0.5) is 0 Å². The smallest absolute Gasteiger partial charge is 0.0302 e. The van der Waals surface area contributed by atoms with E-state index in [0.29, 0.717) is 6.04 Å². The van der Waals surface area contributed by atoms with Gasteiger partial charge < -0.3 is 5.32 Å². The quantitative estimate of drug-likeness (QED) is 0.846. The minimum atomic E-state index is -0.692. The summed E-state index contributed by atoms with van der Waals surface area (Å²) in [5.74, 6) is 0.772. The molecule has 1 N–H and O–H groups in total. The summed E-state index contributed by atoms with van der Waals surface area (Å²) in [6.07, 6.45) is 2.72. The molecule has 0 spiro atoms. The van der Waals surface area contributed by atoms with Crippen LogP contribution in [0.15, 0.2) is 41.8 Å². The highest BCUT2D eigenvalue weighted by Gasteiger charge is 2.05. The van der Waals surface area contributed by atoms with Crippen molar-refractivity contribution in [3.05, 3.63) is 46.7 Å². The van der Waals surface area contributed by atoms with E-state index < -0.39 is 10.8 Å². The lowest BCUT2D eigenvalue weighted by Crippen LogP contribution is -2.26. The Kier molecular flexibility index (Phi) is 5.95. The average molecular weight is 307 g/mol. The van der Waals surface area contributed by atoms with Crippen molar-refractivity contribution in [1.82, 2.24) is 5.32 Å². The van der Waals surface area contributed by atoms with E-state index in [1.165, 1.54) is 16.0 Å². The number of benzene rings is 1. The first kappa shape index (κ1) is 15.4. The second-order valence-corrected chi connectivity index (χ2v) is 7.57. The predicted molar refractivity (Wildman–Crippen MR) is 89.6 cm³/mol. The Labute approximate surface area is 127 Å². The molecule has 0 saturated carbocycles. The first-order valence-corrected chi connectivity index (χ1v) is 9.42. The molecule has 2 aromatic rings. The van der Waals surface area contributed by atoms with Crippen LogP contribution < -0.4 is 5.32 Å². The van der Waals surface area contributed by atoms with Crippen LogP contribution in [-0.4, -0.2) is 22.3 Å². The Balaban J connectivity index is 1.86. The molecule has 0 radical (unpaired) electrons. The minimum Gasteiger partial charge on any atom is -0.309 e. The van der Waals surface area contributed by atoms with Crippen molar-refractivity contribution < 1.29 is 4.21 Å². The van der Waals surface area contributed by atoms with Crippen molar-refractivity contribution >= 4 is 22.1 Å². The largest absolute Gasteiger partial charge is 0.309 e. The molecule has 4 heteroatoms. The lowest BCUT2D eigenvalue weighted by atomic mass is 10.1. The maximum Gasteiger partial charge on any atom is 0.0302 e. The highest BCUT2D eigenvalue weighted by atomic mass is 32.2. The van der Waals surface area contributed by atoms with Gasteiger partial charge in [-0.05, 0) is 35.9 Å². The molecule has 0 bridgehead atoms. The molecule has 2 nitrogen and oxygen atoms in total. The van der Waals surface area contributed by atoms with Gasteiger partial charge in [-0.1, -0.05) is 30.3 Å². The number of thiophene rings is 1. The second kappa shape index (κ2) is 7.72. The summed E-state index contributed by atoms with van der Waals surface area (Å²) < 4.78 is 11.1. The van der Waals surface area contributed by atoms with Gasteiger partial charge in [-0.2, -0.15) is 0 Å². The second-order valence-electron chi connectivity index (χ2n) is 5.02. The third-order valence-electron chi connectivity index (χ3n) is 3.22. The molecule has 1 aromatic carbocycles. The van der Waals surface area contributed by atoms with Gasteiger partial charge in [0.05, 0.1) is 0 Å². The molecule has 20 heavy (non-hydrogen) atoms. The first-order chi connectivity index (χ1) is 9.65. The molecule has 0 fully saturated rings. The fourth-order valence-corrected chi connectivity index (χ4v) is 3.50. The van der Waals surface area contributed by atoms with Crippen molar-refractivity contribution in [2.45, 2.75) is 25.9 Å². The molecule has 0 aliphatic rings. The van der Waals surface area contributed by atoms with Gasteiger partial charge in [0.15, 0.2) is 0 Å². The summed E-state index contributed by atoms with van der Waals surface area (Å²) in [5, 5.41) is 5.70. The van der Waals surface area contributed by atoms with E-state index in [0.717, 1.165) is 18.7 Å². The van der Waals surface area contributed by atoms with Crippen LogP contribution in [0, 0.1) is 0 Å². The fourth-order valence-electron chi connectivity index (χ4n) is 1.97. The Morgan fingerprint density at radius 3 is 2.70 bits per heavy atom. The van der Waals surface area contributed by atoms with Crippen LogP contribution in [0.1, 0.15) is 18.2 Å². The van der Waals surface area contributed by atoms with E-state index >= 15 is 0 Å². The standard InChI is InChI=1S/C16H21NOS2/c1-13(8-9-20(2)18)17-11-16-10-15(12-19-16)14-6-4-3-5-7-14/h3-7,10,12-13,17H,8-9,11H2,1-2H3. The molecule has 0 aliphatic heterocycles. The topological polar surface area (TPSA) is 29.1 Å². The van der Waals surface area contributed by atoms with E-state index in [2.05, 4.69) is 48.0 Å². The normalized spacial score (nSPS) is 14.1. The molecule has 1 aromatic heterocycles. The zero-order chi connectivity index (χ0) is 14.4. The van der Waals surface area contributed by atoms with E-state index in [-0.39, 0.29) is 0 Å². The highest BCUT2D eigenvalue weighted by molar-refractivity contribution is 7.84. The Morgan fingerprint density at radius 1 is 1.25 bits per heavy atom. The van der Waals surface area contributed by atoms with Crippen LogP contribution in [-0.2, 0) is 17.3 Å². The van der Waals surface area contributed by atoms with Gasteiger partial charge >= 0.3 is 0 Å². The first-order valence-electron chi connectivity index (χ1n) is 6.81. The van der Waals surface area contributed by atoms with E-state index in [4.69, 9.17) is 0 Å². The molecule has 0 saturated heterocycles. The average Bonchev–Trinajstić information content (AvgIpc) is 2.93. The zero-order valence-electron chi connectivity index (χ0n) is 12.0. The van der Waals surface area contributed by atoms with Gasteiger partial charge in [-0.3, -0.25) is 4.21 Å². The van der Waals surface area contributed by atoms with Crippen LogP contribution in [0.3, 0.4) is 0 Å². The maximum atomic E-state index is 11.1. The van der Waals surface area contributed by atoms with Gasteiger partial charge in [-0.15, -0.1) is 11.3 Å². The van der Waals surface area contributed by atoms with Crippen LogP contribution in [0.5, 0.6) is 0 Å². The number of rotatable bonds is 7. The summed E-state index contributed by atoms with van der Waals surface area (Å²) >= 11 is 1.79. The third kappa shape index (κ3) is 4.85. The summed E-state index contributed by atoms with van der Waals surface area (Å²) in [4.78, 5) is 1.34. The van der Waals surface area contributed by atoms with Gasteiger partial charge in [0.2, 0.25) is 0 Å². The molecular formula is C16H21NOS2. The predicted octanol–water partition coefficient (Wildman–Crippen LogP) is 3.66. The van der Waals surface area contributed by atoms with Gasteiger partial charge in [-0.25, -0.2) is 0 Å². The number of nitrogens with one attached hydrogen (secondary N) is 1. The molecule has 2 unspecified atom stereocenters. The molecule has 1 heterocycles. The minimum absolute atomic E-state index is 0.404. The Bertz CT molecular complexity index is 551. The summed E-state index contributed by atoms with van der Waals surface area (Å²) in [7, 11) is -0.692.